The lowest BCUT2D eigenvalue weighted by Gasteiger charge is -2.11. The van der Waals surface area contributed by atoms with Gasteiger partial charge in [-0.1, -0.05) is 23.2 Å². The number of rotatable bonds is 3. The van der Waals surface area contributed by atoms with Gasteiger partial charge in [-0.05, 0) is 18.2 Å². The Balaban J connectivity index is 2.52. The van der Waals surface area contributed by atoms with E-state index in [1.54, 1.807) is 0 Å². The van der Waals surface area contributed by atoms with Gasteiger partial charge in [0.1, 0.15) is 5.82 Å². The van der Waals surface area contributed by atoms with E-state index in [-0.39, 0.29) is 15.9 Å². The summed E-state index contributed by atoms with van der Waals surface area (Å²) < 4.78 is 26.9. The molecule has 0 unspecified atom stereocenters. The average molecular weight is 319 g/mol. The minimum Gasteiger partial charge on any atom is -0.478 e. The van der Waals surface area contributed by atoms with Crippen molar-refractivity contribution in [3.63, 3.8) is 0 Å². The number of aromatic carboxylic acids is 1. The molecule has 104 valence electrons. The lowest BCUT2D eigenvalue weighted by Crippen LogP contribution is -2.07. The second-order valence-electron chi connectivity index (χ2n) is 3.70. The fraction of sp³-hybridized carbons (Fsp3) is 0. The summed E-state index contributed by atoms with van der Waals surface area (Å²) in [5, 5.41) is 11.6. The SMILES string of the molecule is O=C(O)c1ccc(F)c(F)c1Nc1ncc(Cl)cc1Cl. The summed E-state index contributed by atoms with van der Waals surface area (Å²) in [5.74, 6) is -3.99. The van der Waals surface area contributed by atoms with Crippen molar-refractivity contribution in [2.75, 3.05) is 5.32 Å². The van der Waals surface area contributed by atoms with Crippen LogP contribution in [0, 0.1) is 11.6 Å². The molecule has 0 saturated carbocycles. The van der Waals surface area contributed by atoms with Gasteiger partial charge in [0.05, 0.1) is 21.3 Å². The van der Waals surface area contributed by atoms with Gasteiger partial charge in [-0.15, -0.1) is 0 Å². The first-order valence-electron chi connectivity index (χ1n) is 5.19. The lowest BCUT2D eigenvalue weighted by atomic mass is 10.1. The summed E-state index contributed by atoms with van der Waals surface area (Å²) >= 11 is 11.5. The van der Waals surface area contributed by atoms with Gasteiger partial charge in [-0.25, -0.2) is 18.6 Å². The van der Waals surface area contributed by atoms with E-state index in [0.29, 0.717) is 0 Å². The molecule has 1 aromatic heterocycles. The predicted octanol–water partition coefficient (Wildman–Crippen LogP) is 4.11. The number of anilines is 2. The van der Waals surface area contributed by atoms with Crippen LogP contribution in [0.25, 0.3) is 0 Å². The van der Waals surface area contributed by atoms with Crippen LogP contribution in [0.4, 0.5) is 20.3 Å². The van der Waals surface area contributed by atoms with Gasteiger partial charge in [-0.2, -0.15) is 0 Å². The predicted molar refractivity (Wildman–Crippen MR) is 70.9 cm³/mol. The van der Waals surface area contributed by atoms with Gasteiger partial charge >= 0.3 is 5.97 Å². The largest absolute Gasteiger partial charge is 0.478 e. The standard InChI is InChI=1S/C12H6Cl2F2N2O2/c13-5-3-7(14)11(17-4-5)18-10-6(12(19)20)1-2-8(15)9(10)16/h1-4H,(H,17,18)(H,19,20). The van der Waals surface area contributed by atoms with Crippen LogP contribution < -0.4 is 5.32 Å². The highest BCUT2D eigenvalue weighted by molar-refractivity contribution is 6.36. The molecule has 0 aliphatic heterocycles. The van der Waals surface area contributed by atoms with Gasteiger partial charge in [-0.3, -0.25) is 0 Å². The van der Waals surface area contributed by atoms with Crippen molar-refractivity contribution in [3.8, 4) is 0 Å². The summed E-state index contributed by atoms with van der Waals surface area (Å²) in [6.45, 7) is 0. The van der Waals surface area contributed by atoms with E-state index in [9.17, 15) is 13.6 Å². The number of hydrogen-bond acceptors (Lipinski definition) is 3. The molecule has 1 aromatic carbocycles. The van der Waals surface area contributed by atoms with Crippen LogP contribution >= 0.6 is 23.2 Å². The number of nitrogens with one attached hydrogen (secondary N) is 1. The number of nitrogens with zero attached hydrogens (tertiary/aromatic N) is 1. The maximum atomic E-state index is 13.7. The number of halogens is 4. The van der Waals surface area contributed by atoms with Crippen molar-refractivity contribution in [1.82, 2.24) is 4.98 Å². The Morgan fingerprint density at radius 3 is 2.60 bits per heavy atom. The molecular weight excluding hydrogens is 313 g/mol. The van der Waals surface area contributed by atoms with Crippen molar-refractivity contribution >= 4 is 40.7 Å². The lowest BCUT2D eigenvalue weighted by molar-refractivity contribution is 0.0697. The Bertz CT molecular complexity index is 695. The third kappa shape index (κ3) is 2.81. The van der Waals surface area contributed by atoms with Crippen molar-refractivity contribution < 1.29 is 18.7 Å². The van der Waals surface area contributed by atoms with Crippen LogP contribution in [0.2, 0.25) is 10.0 Å². The fourth-order valence-corrected chi connectivity index (χ4v) is 1.90. The quantitative estimate of drug-likeness (QED) is 0.894. The normalized spacial score (nSPS) is 10.4. The molecule has 0 amide bonds. The first-order chi connectivity index (χ1) is 9.40. The summed E-state index contributed by atoms with van der Waals surface area (Å²) in [6, 6.07) is 2.99. The molecule has 0 saturated heterocycles. The third-order valence-corrected chi connectivity index (χ3v) is 2.87. The number of hydrogen-bond donors (Lipinski definition) is 2. The summed E-state index contributed by atoms with van der Waals surface area (Å²) in [5.41, 5.74) is -1.01. The number of benzene rings is 1. The maximum absolute atomic E-state index is 13.7. The molecule has 8 heteroatoms. The van der Waals surface area contributed by atoms with Crippen molar-refractivity contribution in [1.29, 1.82) is 0 Å². The fourth-order valence-electron chi connectivity index (χ4n) is 1.48. The Hall–Kier alpha value is -1.92. The molecule has 0 radical (unpaired) electrons. The first kappa shape index (κ1) is 14.5. The number of carboxylic acid groups (broad SMARTS) is 1. The Morgan fingerprint density at radius 2 is 2.00 bits per heavy atom. The van der Waals surface area contributed by atoms with Gasteiger partial charge in [0.25, 0.3) is 0 Å². The zero-order chi connectivity index (χ0) is 14.9. The Labute approximate surface area is 122 Å². The van der Waals surface area contributed by atoms with E-state index < -0.39 is 28.9 Å². The monoisotopic (exact) mass is 318 g/mol. The van der Waals surface area contributed by atoms with E-state index in [2.05, 4.69) is 10.3 Å². The Kier molecular flexibility index (Phi) is 4.06. The molecule has 0 fully saturated rings. The second kappa shape index (κ2) is 5.60. The van der Waals surface area contributed by atoms with Gasteiger partial charge in [0, 0.05) is 6.20 Å². The highest BCUT2D eigenvalue weighted by Gasteiger charge is 2.19. The molecule has 2 rings (SSSR count). The average Bonchev–Trinajstić information content (AvgIpc) is 2.37. The number of carboxylic acids is 1. The molecule has 20 heavy (non-hydrogen) atoms. The molecule has 0 aliphatic rings. The topological polar surface area (TPSA) is 62.2 Å². The summed E-state index contributed by atoms with van der Waals surface area (Å²) in [7, 11) is 0. The Morgan fingerprint density at radius 1 is 1.30 bits per heavy atom. The zero-order valence-electron chi connectivity index (χ0n) is 9.62. The molecule has 0 bridgehead atoms. The minimum atomic E-state index is -1.42. The van der Waals surface area contributed by atoms with Gasteiger partial charge in [0.2, 0.25) is 0 Å². The highest BCUT2D eigenvalue weighted by atomic mass is 35.5. The van der Waals surface area contributed by atoms with Crippen LogP contribution in [-0.2, 0) is 0 Å². The van der Waals surface area contributed by atoms with E-state index >= 15 is 0 Å². The van der Waals surface area contributed by atoms with E-state index in [0.717, 1.165) is 12.1 Å². The molecule has 0 atom stereocenters. The molecule has 4 nitrogen and oxygen atoms in total. The number of carbonyl (C=O) groups is 1. The molecule has 1 heterocycles. The smallest absolute Gasteiger partial charge is 0.337 e. The van der Waals surface area contributed by atoms with Crippen LogP contribution in [0.15, 0.2) is 24.4 Å². The van der Waals surface area contributed by atoms with Crippen LogP contribution in [0.1, 0.15) is 10.4 Å². The van der Waals surface area contributed by atoms with Gasteiger partial charge < -0.3 is 10.4 Å². The molecule has 2 N–H and O–H groups in total. The van der Waals surface area contributed by atoms with Crippen molar-refractivity contribution in [3.05, 3.63) is 51.6 Å². The number of aromatic nitrogens is 1. The first-order valence-corrected chi connectivity index (χ1v) is 5.95. The third-order valence-electron chi connectivity index (χ3n) is 2.38. The maximum Gasteiger partial charge on any atom is 0.337 e. The second-order valence-corrected chi connectivity index (χ2v) is 4.54. The molecule has 2 aromatic rings. The summed E-state index contributed by atoms with van der Waals surface area (Å²) in [6.07, 6.45) is 1.23. The summed E-state index contributed by atoms with van der Waals surface area (Å²) in [4.78, 5) is 14.8. The van der Waals surface area contributed by atoms with Crippen LogP contribution in [-0.4, -0.2) is 16.1 Å². The van der Waals surface area contributed by atoms with Crippen LogP contribution in [0.5, 0.6) is 0 Å². The minimum absolute atomic E-state index is 0.0388. The van der Waals surface area contributed by atoms with E-state index in [1.165, 1.54) is 12.3 Å². The highest BCUT2D eigenvalue weighted by Crippen LogP contribution is 2.30. The van der Waals surface area contributed by atoms with E-state index in [4.69, 9.17) is 28.3 Å². The van der Waals surface area contributed by atoms with E-state index in [1.807, 2.05) is 0 Å². The number of pyridine rings is 1. The van der Waals surface area contributed by atoms with Crippen LogP contribution in [0.3, 0.4) is 0 Å². The van der Waals surface area contributed by atoms with Gasteiger partial charge in [0.15, 0.2) is 11.6 Å². The van der Waals surface area contributed by atoms with Crippen molar-refractivity contribution in [2.45, 2.75) is 0 Å². The molecular formula is C12H6Cl2F2N2O2. The molecule has 0 aliphatic carbocycles. The zero-order valence-corrected chi connectivity index (χ0v) is 11.1. The van der Waals surface area contributed by atoms with Crippen molar-refractivity contribution in [2.24, 2.45) is 0 Å². The molecule has 0 spiro atoms.